The van der Waals surface area contributed by atoms with Crippen molar-refractivity contribution < 1.29 is 9.13 Å². The van der Waals surface area contributed by atoms with Crippen molar-refractivity contribution in [1.29, 1.82) is 0 Å². The summed E-state index contributed by atoms with van der Waals surface area (Å²) >= 11 is 3.25. The molecule has 106 valence electrons. The van der Waals surface area contributed by atoms with Crippen LogP contribution in [0.4, 0.5) is 4.39 Å². The van der Waals surface area contributed by atoms with Crippen LogP contribution in [-0.2, 0) is 12.8 Å². The highest BCUT2D eigenvalue weighted by Gasteiger charge is 2.09. The summed E-state index contributed by atoms with van der Waals surface area (Å²) in [5.41, 5.74) is 7.87. The van der Waals surface area contributed by atoms with Crippen molar-refractivity contribution in [3.8, 4) is 5.75 Å². The molecule has 0 aliphatic heterocycles. The Kier molecular flexibility index (Phi) is 5.15. The van der Waals surface area contributed by atoms with E-state index in [1.807, 2.05) is 30.3 Å². The lowest BCUT2D eigenvalue weighted by atomic mass is 9.99. The topological polar surface area (TPSA) is 35.2 Å². The molecule has 0 aliphatic rings. The Morgan fingerprint density at radius 3 is 2.45 bits per heavy atom. The number of methoxy groups -OCH3 is 1. The maximum Gasteiger partial charge on any atom is 0.127 e. The van der Waals surface area contributed by atoms with Gasteiger partial charge in [0.25, 0.3) is 0 Å². The van der Waals surface area contributed by atoms with Gasteiger partial charge in [-0.25, -0.2) is 4.39 Å². The second-order valence-corrected chi connectivity index (χ2v) is 5.67. The van der Waals surface area contributed by atoms with Gasteiger partial charge in [-0.15, -0.1) is 0 Å². The molecule has 0 radical (unpaired) electrons. The molecule has 2 aromatic rings. The highest BCUT2D eigenvalue weighted by Crippen LogP contribution is 2.18. The average molecular weight is 338 g/mol. The Bertz CT molecular complexity index is 571. The van der Waals surface area contributed by atoms with Gasteiger partial charge in [-0.3, -0.25) is 0 Å². The molecule has 0 heterocycles. The third-order valence-electron chi connectivity index (χ3n) is 3.15. The van der Waals surface area contributed by atoms with Crippen molar-refractivity contribution in [3.05, 3.63) is 63.9 Å². The molecule has 2 N–H and O–H groups in total. The number of hydrogen-bond acceptors (Lipinski definition) is 2. The average Bonchev–Trinajstić information content (AvgIpc) is 2.43. The van der Waals surface area contributed by atoms with E-state index in [0.717, 1.165) is 15.8 Å². The van der Waals surface area contributed by atoms with Crippen LogP contribution in [-0.4, -0.2) is 13.2 Å². The van der Waals surface area contributed by atoms with Gasteiger partial charge in [0, 0.05) is 10.5 Å². The molecule has 0 fully saturated rings. The van der Waals surface area contributed by atoms with E-state index in [4.69, 9.17) is 10.5 Å². The molecule has 0 spiro atoms. The largest absolute Gasteiger partial charge is 0.497 e. The molecule has 1 unspecified atom stereocenters. The van der Waals surface area contributed by atoms with E-state index in [9.17, 15) is 4.39 Å². The van der Waals surface area contributed by atoms with E-state index in [2.05, 4.69) is 15.9 Å². The molecule has 0 bridgehead atoms. The zero-order chi connectivity index (χ0) is 14.5. The van der Waals surface area contributed by atoms with Crippen LogP contribution in [0.5, 0.6) is 5.75 Å². The molecule has 0 aliphatic carbocycles. The molecule has 0 saturated carbocycles. The Balaban J connectivity index is 1.99. The molecule has 2 nitrogen and oxygen atoms in total. The first-order chi connectivity index (χ1) is 9.58. The Hall–Kier alpha value is -1.39. The van der Waals surface area contributed by atoms with Crippen molar-refractivity contribution in [2.45, 2.75) is 18.9 Å². The lowest BCUT2D eigenvalue weighted by Gasteiger charge is -2.13. The summed E-state index contributed by atoms with van der Waals surface area (Å²) in [6, 6.07) is 12.7. The van der Waals surface area contributed by atoms with E-state index in [1.54, 1.807) is 13.2 Å². The minimum absolute atomic E-state index is 0.112. The highest BCUT2D eigenvalue weighted by atomic mass is 79.9. The molecule has 0 saturated heterocycles. The van der Waals surface area contributed by atoms with Crippen LogP contribution in [0.25, 0.3) is 0 Å². The summed E-state index contributed by atoms with van der Waals surface area (Å²) in [6.45, 7) is 0. The maximum absolute atomic E-state index is 13.7. The van der Waals surface area contributed by atoms with Crippen LogP contribution in [0.1, 0.15) is 11.1 Å². The van der Waals surface area contributed by atoms with Crippen LogP contribution in [0.15, 0.2) is 46.9 Å². The first-order valence-corrected chi connectivity index (χ1v) is 7.20. The van der Waals surface area contributed by atoms with Crippen molar-refractivity contribution >= 4 is 15.9 Å². The number of rotatable bonds is 5. The van der Waals surface area contributed by atoms with E-state index < -0.39 is 0 Å². The van der Waals surface area contributed by atoms with Crippen LogP contribution in [0.2, 0.25) is 0 Å². The van der Waals surface area contributed by atoms with Gasteiger partial charge in [0.2, 0.25) is 0 Å². The fourth-order valence-electron chi connectivity index (χ4n) is 2.11. The first kappa shape index (κ1) is 15.0. The zero-order valence-electron chi connectivity index (χ0n) is 11.3. The van der Waals surface area contributed by atoms with Gasteiger partial charge in [0.15, 0.2) is 0 Å². The summed E-state index contributed by atoms with van der Waals surface area (Å²) in [7, 11) is 1.64. The third-order valence-corrected chi connectivity index (χ3v) is 3.65. The normalized spacial score (nSPS) is 12.2. The quantitative estimate of drug-likeness (QED) is 0.902. The number of benzene rings is 2. The van der Waals surface area contributed by atoms with Crippen molar-refractivity contribution in [3.63, 3.8) is 0 Å². The zero-order valence-corrected chi connectivity index (χ0v) is 12.9. The minimum atomic E-state index is -0.218. The van der Waals surface area contributed by atoms with E-state index >= 15 is 0 Å². The van der Waals surface area contributed by atoms with Gasteiger partial charge in [-0.1, -0.05) is 34.1 Å². The number of ether oxygens (including phenoxy) is 1. The fraction of sp³-hybridized carbons (Fsp3) is 0.250. The van der Waals surface area contributed by atoms with E-state index in [0.29, 0.717) is 18.4 Å². The van der Waals surface area contributed by atoms with Gasteiger partial charge in [0.1, 0.15) is 11.6 Å². The maximum atomic E-state index is 13.7. The molecular weight excluding hydrogens is 321 g/mol. The molecule has 0 aromatic heterocycles. The van der Waals surface area contributed by atoms with E-state index in [-0.39, 0.29) is 11.9 Å². The lowest BCUT2D eigenvalue weighted by molar-refractivity contribution is 0.414. The second kappa shape index (κ2) is 6.86. The number of nitrogens with two attached hydrogens (primary N) is 1. The Morgan fingerprint density at radius 2 is 1.85 bits per heavy atom. The fourth-order valence-corrected chi connectivity index (χ4v) is 2.44. The molecule has 2 rings (SSSR count). The van der Waals surface area contributed by atoms with Gasteiger partial charge < -0.3 is 10.5 Å². The van der Waals surface area contributed by atoms with Crippen molar-refractivity contribution in [2.75, 3.05) is 7.11 Å². The molecule has 20 heavy (non-hydrogen) atoms. The van der Waals surface area contributed by atoms with Crippen LogP contribution in [0, 0.1) is 5.82 Å². The van der Waals surface area contributed by atoms with Gasteiger partial charge in [-0.2, -0.15) is 0 Å². The second-order valence-electron chi connectivity index (χ2n) is 4.75. The molecule has 4 heteroatoms. The van der Waals surface area contributed by atoms with Crippen molar-refractivity contribution in [1.82, 2.24) is 0 Å². The Morgan fingerprint density at radius 1 is 1.15 bits per heavy atom. The smallest absolute Gasteiger partial charge is 0.127 e. The Labute approximate surface area is 126 Å². The van der Waals surface area contributed by atoms with Crippen LogP contribution in [0.3, 0.4) is 0 Å². The highest BCUT2D eigenvalue weighted by molar-refractivity contribution is 9.10. The summed E-state index contributed by atoms with van der Waals surface area (Å²) in [6.07, 6.45) is 1.23. The number of halogens is 2. The molecular formula is C16H17BrFNO. The van der Waals surface area contributed by atoms with Crippen LogP contribution >= 0.6 is 15.9 Å². The monoisotopic (exact) mass is 337 g/mol. The SMILES string of the molecule is COc1ccc(CC(N)Cc2ccc(Br)cc2F)cc1. The van der Waals surface area contributed by atoms with Crippen LogP contribution < -0.4 is 10.5 Å². The summed E-state index contributed by atoms with van der Waals surface area (Å²) in [5, 5.41) is 0. The predicted octanol–water partition coefficient (Wildman–Crippen LogP) is 3.71. The summed E-state index contributed by atoms with van der Waals surface area (Å²) in [4.78, 5) is 0. The molecule has 1 atom stereocenters. The van der Waals surface area contributed by atoms with Gasteiger partial charge in [-0.05, 0) is 48.2 Å². The van der Waals surface area contributed by atoms with Crippen molar-refractivity contribution in [2.24, 2.45) is 5.73 Å². The van der Waals surface area contributed by atoms with Gasteiger partial charge >= 0.3 is 0 Å². The predicted molar refractivity (Wildman–Crippen MR) is 82.5 cm³/mol. The molecule has 0 amide bonds. The summed E-state index contributed by atoms with van der Waals surface area (Å²) < 4.78 is 19.6. The lowest BCUT2D eigenvalue weighted by Crippen LogP contribution is -2.26. The minimum Gasteiger partial charge on any atom is -0.497 e. The molecule has 2 aromatic carbocycles. The number of hydrogen-bond donors (Lipinski definition) is 1. The standard InChI is InChI=1S/C16H17BrFNO/c1-20-15-6-2-11(3-7-15)8-14(19)9-12-4-5-13(17)10-16(12)18/h2-7,10,14H,8-9,19H2,1H3. The van der Waals surface area contributed by atoms with E-state index in [1.165, 1.54) is 6.07 Å². The first-order valence-electron chi connectivity index (χ1n) is 6.41. The van der Waals surface area contributed by atoms with Gasteiger partial charge in [0.05, 0.1) is 7.11 Å². The summed E-state index contributed by atoms with van der Waals surface area (Å²) in [5.74, 6) is 0.603. The third kappa shape index (κ3) is 4.05.